The summed E-state index contributed by atoms with van der Waals surface area (Å²) in [4.78, 5) is 10.0. The van der Waals surface area contributed by atoms with Crippen LogP contribution < -0.4 is 5.32 Å². The van der Waals surface area contributed by atoms with Gasteiger partial charge in [-0.2, -0.15) is 0 Å². The molecule has 27 heavy (non-hydrogen) atoms. The topological polar surface area (TPSA) is 53.2 Å². The van der Waals surface area contributed by atoms with Crippen molar-refractivity contribution in [1.82, 2.24) is 15.1 Å². The summed E-state index contributed by atoms with van der Waals surface area (Å²) in [6, 6.07) is 3.98. The molecular formula is C21H34N4O2. The lowest BCUT2D eigenvalue weighted by molar-refractivity contribution is 0.117. The van der Waals surface area contributed by atoms with E-state index in [1.165, 1.54) is 45.3 Å². The van der Waals surface area contributed by atoms with Crippen LogP contribution in [0.5, 0.6) is 0 Å². The number of nitrogens with one attached hydrogen (secondary N) is 1. The Morgan fingerprint density at radius 2 is 2.11 bits per heavy atom. The fourth-order valence-electron chi connectivity index (χ4n) is 4.50. The number of hydrogen-bond acceptors (Lipinski definition) is 4. The van der Waals surface area contributed by atoms with Gasteiger partial charge in [0.05, 0.1) is 18.9 Å². The van der Waals surface area contributed by atoms with Crippen LogP contribution in [0, 0.1) is 5.92 Å². The zero-order valence-electron chi connectivity index (χ0n) is 16.4. The summed E-state index contributed by atoms with van der Waals surface area (Å²) in [5.41, 5.74) is 0. The zero-order valence-corrected chi connectivity index (χ0v) is 16.4. The summed E-state index contributed by atoms with van der Waals surface area (Å²) in [6.07, 6.45) is 9.26. The summed E-state index contributed by atoms with van der Waals surface area (Å²) in [5, 5.41) is 3.58. The van der Waals surface area contributed by atoms with Gasteiger partial charge in [-0.05, 0) is 63.2 Å². The van der Waals surface area contributed by atoms with Gasteiger partial charge in [0.15, 0.2) is 5.96 Å². The van der Waals surface area contributed by atoms with Gasteiger partial charge in [0.1, 0.15) is 5.76 Å². The van der Waals surface area contributed by atoms with Gasteiger partial charge in [-0.15, -0.1) is 0 Å². The first kappa shape index (κ1) is 18.8. The molecule has 3 saturated heterocycles. The maximum Gasteiger partial charge on any atom is 0.194 e. The first-order valence-electron chi connectivity index (χ1n) is 10.8. The van der Waals surface area contributed by atoms with Gasteiger partial charge in [-0.25, -0.2) is 0 Å². The minimum absolute atomic E-state index is 0.301. The van der Waals surface area contributed by atoms with E-state index in [-0.39, 0.29) is 0 Å². The Hall–Kier alpha value is -1.53. The SMILES string of the molecule is c1coc(CCNC(=NCC2CCCO2)N2CCC(CN3CCCC3)C2)c1. The van der Waals surface area contributed by atoms with Gasteiger partial charge in [-0.3, -0.25) is 4.99 Å². The van der Waals surface area contributed by atoms with E-state index in [1.54, 1.807) is 6.26 Å². The molecule has 0 radical (unpaired) electrons. The van der Waals surface area contributed by atoms with Crippen LogP contribution in [-0.4, -0.2) is 74.3 Å². The standard InChI is InChI=1S/C21H34N4O2/c1-2-11-24(10-1)16-18-8-12-25(17-18)21(23-15-20-6-4-14-27-20)22-9-7-19-5-3-13-26-19/h3,5,13,18,20H,1-2,4,6-12,14-17H2,(H,22,23). The van der Waals surface area contributed by atoms with Crippen molar-refractivity contribution in [2.45, 2.75) is 44.6 Å². The average molecular weight is 375 g/mol. The van der Waals surface area contributed by atoms with E-state index in [9.17, 15) is 0 Å². The van der Waals surface area contributed by atoms with Crippen molar-refractivity contribution < 1.29 is 9.15 Å². The molecule has 0 amide bonds. The molecule has 0 aromatic carbocycles. The molecule has 0 saturated carbocycles. The third-order valence-corrected chi connectivity index (χ3v) is 6.00. The van der Waals surface area contributed by atoms with E-state index in [0.29, 0.717) is 6.10 Å². The average Bonchev–Trinajstić information content (AvgIpc) is 3.47. The fraction of sp³-hybridized carbons (Fsp3) is 0.762. The molecule has 3 fully saturated rings. The second kappa shape index (κ2) is 9.60. The molecule has 0 spiro atoms. The first-order valence-corrected chi connectivity index (χ1v) is 10.8. The summed E-state index contributed by atoms with van der Waals surface area (Å²) in [7, 11) is 0. The van der Waals surface area contributed by atoms with Crippen LogP contribution in [0.15, 0.2) is 27.8 Å². The highest BCUT2D eigenvalue weighted by atomic mass is 16.5. The van der Waals surface area contributed by atoms with Crippen molar-refractivity contribution in [2.24, 2.45) is 10.9 Å². The number of rotatable bonds is 7. The molecule has 3 aliphatic heterocycles. The van der Waals surface area contributed by atoms with Crippen LogP contribution in [-0.2, 0) is 11.2 Å². The zero-order chi connectivity index (χ0) is 18.3. The third-order valence-electron chi connectivity index (χ3n) is 6.00. The highest BCUT2D eigenvalue weighted by Gasteiger charge is 2.27. The van der Waals surface area contributed by atoms with Gasteiger partial charge < -0.3 is 24.3 Å². The molecule has 6 nitrogen and oxygen atoms in total. The van der Waals surface area contributed by atoms with E-state index in [2.05, 4.69) is 15.1 Å². The Balaban J connectivity index is 1.30. The van der Waals surface area contributed by atoms with Crippen molar-refractivity contribution in [2.75, 3.05) is 52.4 Å². The lowest BCUT2D eigenvalue weighted by Gasteiger charge is -2.24. The van der Waals surface area contributed by atoms with Gasteiger partial charge in [-0.1, -0.05) is 0 Å². The highest BCUT2D eigenvalue weighted by Crippen LogP contribution is 2.20. The molecule has 2 atom stereocenters. The Morgan fingerprint density at radius 3 is 2.89 bits per heavy atom. The largest absolute Gasteiger partial charge is 0.469 e. The molecule has 3 aliphatic rings. The highest BCUT2D eigenvalue weighted by molar-refractivity contribution is 5.80. The second-order valence-corrected chi connectivity index (χ2v) is 8.16. The maximum atomic E-state index is 5.76. The summed E-state index contributed by atoms with van der Waals surface area (Å²) < 4.78 is 11.2. The van der Waals surface area contributed by atoms with E-state index >= 15 is 0 Å². The first-order chi connectivity index (χ1) is 13.4. The molecule has 0 bridgehead atoms. The molecule has 1 aromatic heterocycles. The molecule has 1 aromatic rings. The maximum absolute atomic E-state index is 5.76. The molecule has 6 heteroatoms. The van der Waals surface area contributed by atoms with E-state index in [1.807, 2.05) is 12.1 Å². The third kappa shape index (κ3) is 5.48. The summed E-state index contributed by atoms with van der Waals surface area (Å²) in [6.45, 7) is 8.58. The van der Waals surface area contributed by atoms with Crippen molar-refractivity contribution >= 4 is 5.96 Å². The lowest BCUT2D eigenvalue weighted by Crippen LogP contribution is -2.42. The lowest BCUT2D eigenvalue weighted by atomic mass is 10.1. The minimum atomic E-state index is 0.301. The molecule has 4 heterocycles. The van der Waals surface area contributed by atoms with Crippen molar-refractivity contribution in [1.29, 1.82) is 0 Å². The molecule has 150 valence electrons. The smallest absolute Gasteiger partial charge is 0.194 e. The van der Waals surface area contributed by atoms with E-state index in [0.717, 1.165) is 63.3 Å². The summed E-state index contributed by atoms with van der Waals surface area (Å²) in [5.74, 6) is 2.85. The molecular weight excluding hydrogens is 340 g/mol. The predicted octanol–water partition coefficient (Wildman–Crippen LogP) is 2.36. The van der Waals surface area contributed by atoms with Gasteiger partial charge >= 0.3 is 0 Å². The van der Waals surface area contributed by atoms with Crippen molar-refractivity contribution in [3.8, 4) is 0 Å². The normalized spacial score (nSPS) is 27.0. The van der Waals surface area contributed by atoms with Crippen LogP contribution in [0.1, 0.15) is 37.9 Å². The Bertz CT molecular complexity index is 577. The van der Waals surface area contributed by atoms with E-state index < -0.39 is 0 Å². The van der Waals surface area contributed by atoms with Crippen molar-refractivity contribution in [3.05, 3.63) is 24.2 Å². The monoisotopic (exact) mass is 374 g/mol. The van der Waals surface area contributed by atoms with Gasteiger partial charge in [0.25, 0.3) is 0 Å². The van der Waals surface area contributed by atoms with Crippen LogP contribution >= 0.6 is 0 Å². The Morgan fingerprint density at radius 1 is 1.19 bits per heavy atom. The molecule has 0 aliphatic carbocycles. The Labute approximate surface area is 162 Å². The molecule has 4 rings (SSSR count). The minimum Gasteiger partial charge on any atom is -0.469 e. The van der Waals surface area contributed by atoms with Gasteiger partial charge in [0.2, 0.25) is 0 Å². The van der Waals surface area contributed by atoms with Crippen LogP contribution in [0.2, 0.25) is 0 Å². The van der Waals surface area contributed by atoms with Crippen LogP contribution in [0.4, 0.5) is 0 Å². The fourth-order valence-corrected chi connectivity index (χ4v) is 4.50. The van der Waals surface area contributed by atoms with Crippen LogP contribution in [0.3, 0.4) is 0 Å². The number of furan rings is 1. The Kier molecular flexibility index (Phi) is 6.69. The summed E-state index contributed by atoms with van der Waals surface area (Å²) >= 11 is 0. The molecule has 1 N–H and O–H groups in total. The number of ether oxygens (including phenoxy) is 1. The predicted molar refractivity (Wildman–Crippen MR) is 107 cm³/mol. The number of guanidine groups is 1. The number of likely N-dealkylation sites (tertiary alicyclic amines) is 2. The second-order valence-electron chi connectivity index (χ2n) is 8.16. The number of hydrogen-bond donors (Lipinski definition) is 1. The quantitative estimate of drug-likeness (QED) is 0.587. The number of aliphatic imine (C=N–C) groups is 1. The van der Waals surface area contributed by atoms with Crippen molar-refractivity contribution in [3.63, 3.8) is 0 Å². The van der Waals surface area contributed by atoms with E-state index in [4.69, 9.17) is 14.1 Å². The van der Waals surface area contributed by atoms with Crippen LogP contribution in [0.25, 0.3) is 0 Å². The number of nitrogens with zero attached hydrogens (tertiary/aromatic N) is 3. The molecule has 2 unspecified atom stereocenters. The van der Waals surface area contributed by atoms with Gasteiger partial charge in [0, 0.05) is 39.2 Å².